The Hall–Kier alpha value is -1.58. The summed E-state index contributed by atoms with van der Waals surface area (Å²) in [5.41, 5.74) is 2.51. The Balaban J connectivity index is 2.27. The van der Waals surface area contributed by atoms with Crippen molar-refractivity contribution in [2.24, 2.45) is 0 Å². The van der Waals surface area contributed by atoms with Crippen LogP contribution in [0.1, 0.15) is 0 Å². The first-order valence-electron chi connectivity index (χ1n) is 6.08. The average molecular weight is 328 g/mol. The molecule has 0 aliphatic carbocycles. The van der Waals surface area contributed by atoms with Gasteiger partial charge >= 0.3 is 0 Å². The van der Waals surface area contributed by atoms with Crippen LogP contribution in [0.5, 0.6) is 0 Å². The lowest BCUT2D eigenvalue weighted by atomic mass is 10.2. The van der Waals surface area contributed by atoms with E-state index in [1.165, 1.54) is 26.8 Å². The summed E-state index contributed by atoms with van der Waals surface area (Å²) in [5.74, 6) is 0. The second-order valence-electron chi connectivity index (χ2n) is 4.44. The van der Waals surface area contributed by atoms with E-state index in [1.807, 2.05) is 0 Å². The lowest BCUT2D eigenvalue weighted by molar-refractivity contribution is 1.21. The first kappa shape index (κ1) is 11.3. The van der Waals surface area contributed by atoms with E-state index in [9.17, 15) is 0 Å². The van der Waals surface area contributed by atoms with E-state index in [0.717, 1.165) is 4.47 Å². The molecule has 0 radical (unpaired) electrons. The van der Waals surface area contributed by atoms with Gasteiger partial charge in [-0.1, -0.05) is 36.4 Å². The molecule has 0 unspecified atom stereocenters. The van der Waals surface area contributed by atoms with Gasteiger partial charge in [0.25, 0.3) is 0 Å². The Morgan fingerprint density at radius 1 is 0.789 bits per heavy atom. The average Bonchev–Trinajstić information content (AvgIpc) is 3.00. The molecule has 1 nitrogen and oxygen atoms in total. The number of fused-ring (bicyclic) bond motifs is 3. The second kappa shape index (κ2) is 4.22. The van der Waals surface area contributed by atoms with Crippen LogP contribution in [-0.2, 0) is 0 Å². The van der Waals surface area contributed by atoms with Crippen LogP contribution < -0.4 is 0 Å². The van der Waals surface area contributed by atoms with E-state index in [1.54, 1.807) is 11.3 Å². The Morgan fingerprint density at radius 2 is 1.37 bits per heavy atom. The maximum atomic E-state index is 3.65. The summed E-state index contributed by atoms with van der Waals surface area (Å²) in [6, 6.07) is 19.2. The minimum absolute atomic E-state index is 1.14. The number of rotatable bonds is 1. The van der Waals surface area contributed by atoms with Crippen molar-refractivity contribution < 1.29 is 0 Å². The van der Waals surface area contributed by atoms with Crippen LogP contribution in [0.3, 0.4) is 0 Å². The van der Waals surface area contributed by atoms with Gasteiger partial charge in [-0.05, 0) is 39.5 Å². The molecule has 0 N–H and O–H groups in total. The first-order chi connectivity index (χ1) is 9.36. The second-order valence-corrected chi connectivity index (χ2v) is 6.19. The topological polar surface area (TPSA) is 4.93 Å². The third-order valence-electron chi connectivity index (χ3n) is 3.38. The summed E-state index contributed by atoms with van der Waals surface area (Å²) in [6.07, 6.45) is 0. The van der Waals surface area contributed by atoms with Gasteiger partial charge in [0.15, 0.2) is 0 Å². The Kier molecular flexibility index (Phi) is 2.50. The molecular weight excluding hydrogens is 318 g/mol. The van der Waals surface area contributed by atoms with Gasteiger partial charge in [-0.25, -0.2) is 0 Å². The molecule has 3 heteroatoms. The molecule has 0 saturated heterocycles. The minimum atomic E-state index is 1.14. The van der Waals surface area contributed by atoms with Gasteiger partial charge in [0, 0.05) is 10.8 Å². The highest BCUT2D eigenvalue weighted by molar-refractivity contribution is 9.10. The summed E-state index contributed by atoms with van der Waals surface area (Å²) in [6.45, 7) is 0. The monoisotopic (exact) mass is 327 g/mol. The Bertz CT molecular complexity index is 835. The molecule has 0 amide bonds. The summed E-state index contributed by atoms with van der Waals surface area (Å²) < 4.78 is 3.48. The third kappa shape index (κ3) is 1.58. The molecule has 0 aliphatic heterocycles. The molecule has 4 aromatic rings. The largest absolute Gasteiger partial charge is 0.300 e. The maximum absolute atomic E-state index is 3.65. The van der Waals surface area contributed by atoms with Crippen molar-refractivity contribution in [3.8, 4) is 5.00 Å². The molecule has 2 aromatic heterocycles. The fourth-order valence-electron chi connectivity index (χ4n) is 2.59. The van der Waals surface area contributed by atoms with Crippen LogP contribution in [0.25, 0.3) is 26.8 Å². The van der Waals surface area contributed by atoms with Gasteiger partial charge in [0.05, 0.1) is 15.5 Å². The summed E-state index contributed by atoms with van der Waals surface area (Å²) in [7, 11) is 0. The van der Waals surface area contributed by atoms with Gasteiger partial charge < -0.3 is 0 Å². The third-order valence-corrected chi connectivity index (χ3v) is 5.18. The van der Waals surface area contributed by atoms with Crippen LogP contribution in [-0.4, -0.2) is 4.57 Å². The predicted molar refractivity (Wildman–Crippen MR) is 86.4 cm³/mol. The summed E-state index contributed by atoms with van der Waals surface area (Å²) in [4.78, 5) is 0. The van der Waals surface area contributed by atoms with E-state index in [2.05, 4.69) is 80.5 Å². The van der Waals surface area contributed by atoms with Crippen LogP contribution >= 0.6 is 27.3 Å². The van der Waals surface area contributed by atoms with Crippen molar-refractivity contribution in [1.82, 2.24) is 4.57 Å². The van der Waals surface area contributed by atoms with Crippen molar-refractivity contribution >= 4 is 49.1 Å². The van der Waals surface area contributed by atoms with Crippen molar-refractivity contribution in [2.45, 2.75) is 0 Å². The normalized spacial score (nSPS) is 11.4. The molecule has 0 fully saturated rings. The number of para-hydroxylation sites is 2. The molecule has 0 aliphatic rings. The quantitative estimate of drug-likeness (QED) is 0.428. The zero-order valence-electron chi connectivity index (χ0n) is 10.0. The van der Waals surface area contributed by atoms with Crippen molar-refractivity contribution in [3.05, 3.63) is 64.5 Å². The Morgan fingerprint density at radius 3 is 1.89 bits per heavy atom. The number of thiophene rings is 1. The van der Waals surface area contributed by atoms with E-state index in [0.29, 0.717) is 0 Å². The van der Waals surface area contributed by atoms with Gasteiger partial charge in [0.1, 0.15) is 5.00 Å². The number of nitrogens with zero attached hydrogens (tertiary/aromatic N) is 1. The van der Waals surface area contributed by atoms with Gasteiger partial charge in [0.2, 0.25) is 0 Å². The molecule has 19 heavy (non-hydrogen) atoms. The lowest BCUT2D eigenvalue weighted by Gasteiger charge is -2.05. The molecule has 4 rings (SSSR count). The molecule has 0 saturated carbocycles. The van der Waals surface area contributed by atoms with Gasteiger partial charge in [-0.2, -0.15) is 0 Å². The summed E-state index contributed by atoms with van der Waals surface area (Å²) in [5, 5.41) is 5.96. The molecule has 92 valence electrons. The maximum Gasteiger partial charge on any atom is 0.114 e. The fourth-order valence-corrected chi connectivity index (χ4v) is 4.17. The van der Waals surface area contributed by atoms with Gasteiger partial charge in [-0.15, -0.1) is 11.3 Å². The molecule has 0 spiro atoms. The SMILES string of the molecule is Brc1ccsc1-n1c2ccccc2c2ccccc21. The number of hydrogen-bond acceptors (Lipinski definition) is 1. The molecular formula is C16H10BrNS. The Labute approximate surface area is 123 Å². The van der Waals surface area contributed by atoms with E-state index in [4.69, 9.17) is 0 Å². The highest BCUT2D eigenvalue weighted by Crippen LogP contribution is 2.36. The zero-order chi connectivity index (χ0) is 12.8. The van der Waals surface area contributed by atoms with Crippen molar-refractivity contribution in [2.75, 3.05) is 0 Å². The number of aromatic nitrogens is 1. The molecule has 2 heterocycles. The molecule has 0 atom stereocenters. The fraction of sp³-hybridized carbons (Fsp3) is 0. The number of hydrogen-bond donors (Lipinski definition) is 0. The zero-order valence-corrected chi connectivity index (χ0v) is 12.4. The van der Waals surface area contributed by atoms with Crippen LogP contribution in [0.4, 0.5) is 0 Å². The minimum Gasteiger partial charge on any atom is -0.300 e. The van der Waals surface area contributed by atoms with Crippen LogP contribution in [0.15, 0.2) is 64.5 Å². The first-order valence-corrected chi connectivity index (χ1v) is 7.75. The van der Waals surface area contributed by atoms with Gasteiger partial charge in [-0.3, -0.25) is 4.57 Å². The summed E-state index contributed by atoms with van der Waals surface area (Å²) >= 11 is 5.40. The van der Waals surface area contributed by atoms with E-state index in [-0.39, 0.29) is 0 Å². The van der Waals surface area contributed by atoms with Crippen molar-refractivity contribution in [1.29, 1.82) is 0 Å². The number of benzene rings is 2. The van der Waals surface area contributed by atoms with Crippen molar-refractivity contribution in [3.63, 3.8) is 0 Å². The highest BCUT2D eigenvalue weighted by Gasteiger charge is 2.13. The lowest BCUT2D eigenvalue weighted by Crippen LogP contribution is -1.90. The predicted octanol–water partition coefficient (Wildman–Crippen LogP) is 5.61. The number of halogens is 1. The van der Waals surface area contributed by atoms with E-state index < -0.39 is 0 Å². The van der Waals surface area contributed by atoms with Crippen LogP contribution in [0, 0.1) is 0 Å². The molecule has 0 bridgehead atoms. The standard InChI is InChI=1S/C16H10BrNS/c17-13-9-10-19-16(13)18-14-7-3-1-5-11(14)12-6-2-4-8-15(12)18/h1-10H. The van der Waals surface area contributed by atoms with Crippen LogP contribution in [0.2, 0.25) is 0 Å². The molecule has 2 aromatic carbocycles. The highest BCUT2D eigenvalue weighted by atomic mass is 79.9. The van der Waals surface area contributed by atoms with E-state index >= 15 is 0 Å². The smallest absolute Gasteiger partial charge is 0.114 e.